The van der Waals surface area contributed by atoms with Gasteiger partial charge in [-0.25, -0.2) is 13.1 Å². The molecule has 0 saturated heterocycles. The Morgan fingerprint density at radius 1 is 1.35 bits per heavy atom. The standard InChI is InChI=1S/C13H24N4O2S/c1-3-9-17-12(14)11(20(2,18)19)13(16-17)15-10-7-5-4-6-8-10/h10H,3-9,14H2,1-2H3,(H,15,16). The predicted octanol–water partition coefficient (Wildman–Crippen LogP) is 2.02. The number of nitrogens with one attached hydrogen (secondary N) is 1. The number of nitrogen functional groups attached to an aromatic ring is 1. The molecule has 2 rings (SSSR count). The fourth-order valence-corrected chi connectivity index (χ4v) is 3.68. The van der Waals surface area contributed by atoms with Crippen LogP contribution >= 0.6 is 0 Å². The van der Waals surface area contributed by atoms with Crippen LogP contribution in [0.5, 0.6) is 0 Å². The van der Waals surface area contributed by atoms with Gasteiger partial charge in [0.25, 0.3) is 0 Å². The number of nitrogens with two attached hydrogens (primary N) is 1. The maximum Gasteiger partial charge on any atom is 0.182 e. The lowest BCUT2D eigenvalue weighted by atomic mass is 9.95. The Bertz CT molecular complexity index is 559. The molecule has 0 amide bonds. The molecule has 3 N–H and O–H groups in total. The number of aryl methyl sites for hydroxylation is 1. The minimum Gasteiger partial charge on any atom is -0.383 e. The highest BCUT2D eigenvalue weighted by Crippen LogP contribution is 2.30. The minimum absolute atomic E-state index is 0.150. The third-order valence-corrected chi connectivity index (χ3v) is 4.84. The number of aromatic nitrogens is 2. The highest BCUT2D eigenvalue weighted by atomic mass is 32.2. The summed E-state index contributed by atoms with van der Waals surface area (Å²) in [5.41, 5.74) is 5.96. The maximum atomic E-state index is 12.0. The second kappa shape index (κ2) is 6.03. The van der Waals surface area contributed by atoms with E-state index in [1.165, 1.54) is 25.5 Å². The number of anilines is 2. The van der Waals surface area contributed by atoms with Crippen molar-refractivity contribution >= 4 is 21.5 Å². The Balaban J connectivity index is 2.32. The molecule has 1 aliphatic carbocycles. The van der Waals surface area contributed by atoms with Gasteiger partial charge in [-0.1, -0.05) is 26.2 Å². The first-order valence-corrected chi connectivity index (χ1v) is 9.15. The normalized spacial score (nSPS) is 17.3. The predicted molar refractivity (Wildman–Crippen MR) is 80.5 cm³/mol. The lowest BCUT2D eigenvalue weighted by Crippen LogP contribution is -2.23. The molecule has 20 heavy (non-hydrogen) atoms. The quantitative estimate of drug-likeness (QED) is 0.868. The van der Waals surface area contributed by atoms with E-state index < -0.39 is 9.84 Å². The number of sulfone groups is 1. The number of nitrogens with zero attached hydrogens (tertiary/aromatic N) is 2. The van der Waals surface area contributed by atoms with Crippen LogP contribution in [0.3, 0.4) is 0 Å². The van der Waals surface area contributed by atoms with Gasteiger partial charge >= 0.3 is 0 Å². The Morgan fingerprint density at radius 3 is 2.55 bits per heavy atom. The van der Waals surface area contributed by atoms with Crippen molar-refractivity contribution in [1.29, 1.82) is 0 Å². The first kappa shape index (κ1) is 15.2. The summed E-state index contributed by atoms with van der Waals surface area (Å²) >= 11 is 0. The highest BCUT2D eigenvalue weighted by molar-refractivity contribution is 7.91. The molecule has 1 fully saturated rings. The molecule has 1 aromatic heterocycles. The van der Waals surface area contributed by atoms with Gasteiger partial charge in [0.15, 0.2) is 20.6 Å². The maximum absolute atomic E-state index is 12.0. The van der Waals surface area contributed by atoms with Gasteiger partial charge in [0.2, 0.25) is 0 Å². The summed E-state index contributed by atoms with van der Waals surface area (Å²) in [5.74, 6) is 0.665. The molecule has 7 heteroatoms. The summed E-state index contributed by atoms with van der Waals surface area (Å²) in [4.78, 5) is 0.150. The van der Waals surface area contributed by atoms with Gasteiger partial charge in [-0.2, -0.15) is 5.10 Å². The van der Waals surface area contributed by atoms with Gasteiger partial charge in [-0.3, -0.25) is 0 Å². The van der Waals surface area contributed by atoms with E-state index in [1.54, 1.807) is 4.68 Å². The fourth-order valence-electron chi connectivity index (χ4n) is 2.74. The van der Waals surface area contributed by atoms with Crippen molar-refractivity contribution in [3.63, 3.8) is 0 Å². The van der Waals surface area contributed by atoms with Gasteiger partial charge in [-0.05, 0) is 19.3 Å². The Labute approximate surface area is 120 Å². The molecule has 1 heterocycles. The van der Waals surface area contributed by atoms with Crippen LogP contribution in [0.2, 0.25) is 0 Å². The van der Waals surface area contributed by atoms with E-state index in [2.05, 4.69) is 10.4 Å². The van der Waals surface area contributed by atoms with Crippen molar-refractivity contribution < 1.29 is 8.42 Å². The first-order chi connectivity index (χ1) is 9.43. The third-order valence-electron chi connectivity index (χ3n) is 3.70. The van der Waals surface area contributed by atoms with Gasteiger partial charge in [-0.15, -0.1) is 0 Å². The molecule has 0 radical (unpaired) electrons. The monoisotopic (exact) mass is 300 g/mol. The number of hydrogen-bond donors (Lipinski definition) is 2. The molecule has 0 spiro atoms. The van der Waals surface area contributed by atoms with Crippen molar-refractivity contribution in [1.82, 2.24) is 9.78 Å². The van der Waals surface area contributed by atoms with Gasteiger partial charge in [0.1, 0.15) is 5.82 Å². The average Bonchev–Trinajstić information content (AvgIpc) is 2.67. The fraction of sp³-hybridized carbons (Fsp3) is 0.769. The lowest BCUT2D eigenvalue weighted by Gasteiger charge is -2.22. The Morgan fingerprint density at radius 2 is 2.00 bits per heavy atom. The van der Waals surface area contributed by atoms with Crippen LogP contribution in [-0.2, 0) is 16.4 Å². The molecule has 1 aromatic rings. The van der Waals surface area contributed by atoms with Crippen LogP contribution in [0.1, 0.15) is 45.4 Å². The Kier molecular flexibility index (Phi) is 4.57. The molecule has 0 bridgehead atoms. The van der Waals surface area contributed by atoms with Crippen LogP contribution in [0, 0.1) is 0 Å². The summed E-state index contributed by atoms with van der Waals surface area (Å²) in [6.45, 7) is 2.64. The molecule has 0 unspecified atom stereocenters. The van der Waals surface area contributed by atoms with Gasteiger partial charge in [0.05, 0.1) is 0 Å². The molecular formula is C13H24N4O2S. The second-order valence-corrected chi connectivity index (χ2v) is 7.49. The van der Waals surface area contributed by atoms with E-state index in [0.29, 0.717) is 18.4 Å². The van der Waals surface area contributed by atoms with E-state index in [9.17, 15) is 8.42 Å². The van der Waals surface area contributed by atoms with E-state index in [4.69, 9.17) is 5.73 Å². The zero-order valence-electron chi connectivity index (χ0n) is 12.2. The molecule has 0 aromatic carbocycles. The molecule has 1 saturated carbocycles. The molecule has 0 aliphatic heterocycles. The summed E-state index contributed by atoms with van der Waals surface area (Å²) in [5, 5.41) is 7.65. The summed E-state index contributed by atoms with van der Waals surface area (Å²) in [7, 11) is -3.38. The Hall–Kier alpha value is -1.24. The molecule has 6 nitrogen and oxygen atoms in total. The van der Waals surface area contributed by atoms with Crippen molar-refractivity contribution in [2.45, 2.75) is 62.9 Å². The molecular weight excluding hydrogens is 276 g/mol. The van der Waals surface area contributed by atoms with E-state index in [1.807, 2.05) is 6.92 Å². The van der Waals surface area contributed by atoms with Crippen LogP contribution in [0.4, 0.5) is 11.6 Å². The second-order valence-electron chi connectivity index (χ2n) is 5.54. The molecule has 114 valence electrons. The number of rotatable bonds is 5. The summed E-state index contributed by atoms with van der Waals surface area (Å²) < 4.78 is 25.5. The summed E-state index contributed by atoms with van der Waals surface area (Å²) in [6.07, 6.45) is 7.77. The van der Waals surface area contributed by atoms with Crippen LogP contribution < -0.4 is 11.1 Å². The third kappa shape index (κ3) is 3.26. The zero-order valence-corrected chi connectivity index (χ0v) is 13.0. The van der Waals surface area contributed by atoms with Crippen molar-refractivity contribution in [3.8, 4) is 0 Å². The number of hydrogen-bond acceptors (Lipinski definition) is 5. The van der Waals surface area contributed by atoms with Gasteiger partial charge < -0.3 is 11.1 Å². The topological polar surface area (TPSA) is 90.0 Å². The summed E-state index contributed by atoms with van der Waals surface area (Å²) in [6, 6.07) is 0.300. The van der Waals surface area contributed by atoms with Crippen LogP contribution in [0.25, 0.3) is 0 Å². The average molecular weight is 300 g/mol. The van der Waals surface area contributed by atoms with Crippen LogP contribution in [0.15, 0.2) is 4.90 Å². The van der Waals surface area contributed by atoms with Crippen LogP contribution in [-0.4, -0.2) is 30.5 Å². The molecule has 0 atom stereocenters. The van der Waals surface area contributed by atoms with E-state index >= 15 is 0 Å². The highest BCUT2D eigenvalue weighted by Gasteiger charge is 2.26. The zero-order chi connectivity index (χ0) is 14.8. The lowest BCUT2D eigenvalue weighted by molar-refractivity contribution is 0.460. The van der Waals surface area contributed by atoms with E-state index in [0.717, 1.165) is 19.3 Å². The smallest absolute Gasteiger partial charge is 0.182 e. The molecule has 1 aliphatic rings. The van der Waals surface area contributed by atoms with Crippen molar-refractivity contribution in [3.05, 3.63) is 0 Å². The SMILES string of the molecule is CCCn1nc(NC2CCCCC2)c(S(C)(=O)=O)c1N. The van der Waals surface area contributed by atoms with Crippen molar-refractivity contribution in [2.75, 3.05) is 17.3 Å². The minimum atomic E-state index is -3.38. The van der Waals surface area contributed by atoms with Gasteiger partial charge in [0, 0.05) is 18.8 Å². The van der Waals surface area contributed by atoms with E-state index in [-0.39, 0.29) is 10.7 Å². The van der Waals surface area contributed by atoms with Crippen molar-refractivity contribution in [2.24, 2.45) is 0 Å². The largest absolute Gasteiger partial charge is 0.383 e. The first-order valence-electron chi connectivity index (χ1n) is 7.26.